The molecule has 0 radical (unpaired) electrons. The van der Waals surface area contributed by atoms with Crippen LogP contribution < -0.4 is 10.2 Å². The highest BCUT2D eigenvalue weighted by atomic mass is 19.4. The molecule has 2 aliphatic rings. The van der Waals surface area contributed by atoms with E-state index in [9.17, 15) is 22.4 Å². The van der Waals surface area contributed by atoms with Crippen molar-refractivity contribution in [2.24, 2.45) is 4.99 Å². The number of Topliss-reactive ketones (excluding diaryl/α,β-unsaturated/α-hetero) is 1. The summed E-state index contributed by atoms with van der Waals surface area (Å²) in [7, 11) is 0. The number of carbonyl (C=O) groups excluding carboxylic acids is 1. The van der Waals surface area contributed by atoms with E-state index in [2.05, 4.69) is 20.5 Å². The molecule has 41 heavy (non-hydrogen) atoms. The van der Waals surface area contributed by atoms with Gasteiger partial charge < -0.3 is 14.6 Å². The summed E-state index contributed by atoms with van der Waals surface area (Å²) in [6, 6.07) is 17.8. The minimum atomic E-state index is -4.62. The van der Waals surface area contributed by atoms with Crippen LogP contribution >= 0.6 is 0 Å². The van der Waals surface area contributed by atoms with E-state index in [1.54, 1.807) is 4.90 Å². The Morgan fingerprint density at radius 2 is 1.71 bits per heavy atom. The Bertz CT molecular complexity index is 1600. The second-order valence-electron chi connectivity index (χ2n) is 9.85. The molecular formula is C29H24F4N6O2. The summed E-state index contributed by atoms with van der Waals surface area (Å²) in [5.41, 5.74) is 2.30. The van der Waals surface area contributed by atoms with E-state index >= 15 is 0 Å². The SMILES string of the molecule is O=C1Cc2ccccc2C(c2ccccc2)=NC1Nc1nnc(-c2ncc(C(F)(F)F)cc2N2CCC(F)CC2)o1. The van der Waals surface area contributed by atoms with Gasteiger partial charge in [0.15, 0.2) is 17.6 Å². The Hall–Kier alpha value is -4.61. The first-order valence-electron chi connectivity index (χ1n) is 13.1. The molecule has 4 aromatic rings. The van der Waals surface area contributed by atoms with Crippen molar-refractivity contribution in [2.45, 2.75) is 37.8 Å². The number of ketones is 1. The van der Waals surface area contributed by atoms with Crippen LogP contribution in [0.4, 0.5) is 29.3 Å². The minimum Gasteiger partial charge on any atom is -0.402 e. The number of pyridine rings is 1. The first-order chi connectivity index (χ1) is 19.8. The topological polar surface area (TPSA) is 96.5 Å². The molecular weight excluding hydrogens is 540 g/mol. The molecule has 6 rings (SSSR count). The van der Waals surface area contributed by atoms with Crippen molar-refractivity contribution < 1.29 is 26.8 Å². The van der Waals surface area contributed by atoms with Gasteiger partial charge in [-0.3, -0.25) is 9.79 Å². The zero-order chi connectivity index (χ0) is 28.6. The Morgan fingerprint density at radius 1 is 0.976 bits per heavy atom. The lowest BCUT2D eigenvalue weighted by molar-refractivity contribution is -0.137. The molecule has 0 spiro atoms. The van der Waals surface area contributed by atoms with Crippen LogP contribution in [0.3, 0.4) is 0 Å². The zero-order valence-electron chi connectivity index (χ0n) is 21.6. The average molecular weight is 565 g/mol. The van der Waals surface area contributed by atoms with Crippen LogP contribution in [-0.2, 0) is 17.4 Å². The van der Waals surface area contributed by atoms with Crippen molar-refractivity contribution in [3.63, 3.8) is 0 Å². The van der Waals surface area contributed by atoms with Gasteiger partial charge in [-0.1, -0.05) is 59.7 Å². The van der Waals surface area contributed by atoms with Crippen LogP contribution in [0.25, 0.3) is 11.6 Å². The lowest BCUT2D eigenvalue weighted by Crippen LogP contribution is -2.35. The monoisotopic (exact) mass is 564 g/mol. The Balaban J connectivity index is 1.33. The van der Waals surface area contributed by atoms with E-state index in [4.69, 9.17) is 9.41 Å². The Labute approximate surface area is 232 Å². The van der Waals surface area contributed by atoms with E-state index in [1.807, 2.05) is 54.6 Å². The number of fused-ring (bicyclic) bond motifs is 1. The summed E-state index contributed by atoms with van der Waals surface area (Å²) in [6.45, 7) is 0.426. The van der Waals surface area contributed by atoms with Gasteiger partial charge in [0.2, 0.25) is 0 Å². The van der Waals surface area contributed by atoms with E-state index < -0.39 is 24.1 Å². The number of halogens is 4. The maximum Gasteiger partial charge on any atom is 0.417 e. The molecule has 0 bridgehead atoms. The highest BCUT2D eigenvalue weighted by molar-refractivity contribution is 6.16. The fourth-order valence-corrected chi connectivity index (χ4v) is 5.00. The molecule has 2 aromatic heterocycles. The van der Waals surface area contributed by atoms with Crippen molar-refractivity contribution in [2.75, 3.05) is 23.3 Å². The number of aromatic nitrogens is 3. The third-order valence-corrected chi connectivity index (χ3v) is 7.10. The van der Waals surface area contributed by atoms with E-state index in [1.165, 1.54) is 0 Å². The third kappa shape index (κ3) is 5.54. The van der Waals surface area contributed by atoms with Crippen molar-refractivity contribution in [1.82, 2.24) is 15.2 Å². The number of hydrogen-bond donors (Lipinski definition) is 1. The summed E-state index contributed by atoms with van der Waals surface area (Å²) >= 11 is 0. The van der Waals surface area contributed by atoms with Crippen LogP contribution in [-0.4, -0.2) is 52.1 Å². The number of rotatable bonds is 5. The number of carbonyl (C=O) groups is 1. The Morgan fingerprint density at radius 3 is 2.46 bits per heavy atom. The van der Waals surface area contributed by atoms with Crippen molar-refractivity contribution >= 4 is 23.2 Å². The third-order valence-electron chi connectivity index (χ3n) is 7.10. The van der Waals surface area contributed by atoms with Crippen LogP contribution in [0.1, 0.15) is 35.1 Å². The van der Waals surface area contributed by atoms with E-state index in [-0.39, 0.29) is 61.4 Å². The molecule has 210 valence electrons. The molecule has 4 heterocycles. The molecule has 0 amide bonds. The average Bonchev–Trinajstić information content (AvgIpc) is 3.38. The number of anilines is 2. The normalized spacial score (nSPS) is 18.0. The summed E-state index contributed by atoms with van der Waals surface area (Å²) in [5.74, 6) is -0.374. The van der Waals surface area contributed by atoms with Gasteiger partial charge >= 0.3 is 12.2 Å². The number of hydrogen-bond acceptors (Lipinski definition) is 8. The van der Waals surface area contributed by atoms with E-state index in [0.29, 0.717) is 11.9 Å². The first kappa shape index (κ1) is 26.6. The molecule has 12 heteroatoms. The van der Waals surface area contributed by atoms with Crippen molar-refractivity contribution in [3.05, 3.63) is 89.1 Å². The van der Waals surface area contributed by atoms with Crippen molar-refractivity contribution in [3.8, 4) is 11.6 Å². The number of nitrogens with zero attached hydrogens (tertiary/aromatic N) is 5. The molecule has 1 N–H and O–H groups in total. The number of benzene rings is 2. The minimum absolute atomic E-state index is 0.0314. The maximum absolute atomic E-state index is 13.8. The second-order valence-corrected chi connectivity index (χ2v) is 9.85. The predicted octanol–water partition coefficient (Wildman–Crippen LogP) is 5.49. The van der Waals surface area contributed by atoms with Gasteiger partial charge in [-0.25, -0.2) is 9.37 Å². The fourth-order valence-electron chi connectivity index (χ4n) is 5.00. The molecule has 8 nitrogen and oxygen atoms in total. The molecule has 2 aromatic carbocycles. The lowest BCUT2D eigenvalue weighted by atomic mass is 9.96. The van der Waals surface area contributed by atoms with Crippen molar-refractivity contribution in [1.29, 1.82) is 0 Å². The molecule has 1 fully saturated rings. The largest absolute Gasteiger partial charge is 0.417 e. The molecule has 1 saturated heterocycles. The quantitative estimate of drug-likeness (QED) is 0.320. The maximum atomic E-state index is 13.8. The van der Waals surface area contributed by atoms with Gasteiger partial charge in [0.05, 0.1) is 17.0 Å². The molecule has 1 unspecified atom stereocenters. The predicted molar refractivity (Wildman–Crippen MR) is 144 cm³/mol. The van der Waals surface area contributed by atoms with Crippen LogP contribution in [0.2, 0.25) is 0 Å². The summed E-state index contributed by atoms with van der Waals surface area (Å²) in [5, 5.41) is 10.9. The molecule has 0 aliphatic carbocycles. The summed E-state index contributed by atoms with van der Waals surface area (Å²) in [4.78, 5) is 23.6. The van der Waals surface area contributed by atoms with Crippen LogP contribution in [0, 0.1) is 0 Å². The number of aliphatic imine (C=N–C) groups is 1. The van der Waals surface area contributed by atoms with Crippen LogP contribution in [0.5, 0.6) is 0 Å². The Kier molecular flexibility index (Phi) is 6.98. The van der Waals surface area contributed by atoms with Gasteiger partial charge in [0, 0.05) is 36.8 Å². The highest BCUT2D eigenvalue weighted by Crippen LogP contribution is 2.37. The second kappa shape index (κ2) is 10.8. The zero-order valence-corrected chi connectivity index (χ0v) is 21.6. The van der Waals surface area contributed by atoms with Gasteiger partial charge in [-0.15, -0.1) is 5.10 Å². The molecule has 2 aliphatic heterocycles. The number of nitrogens with one attached hydrogen (secondary N) is 1. The lowest BCUT2D eigenvalue weighted by Gasteiger charge is -2.31. The summed E-state index contributed by atoms with van der Waals surface area (Å²) in [6.07, 6.45) is -5.52. The summed E-state index contributed by atoms with van der Waals surface area (Å²) < 4.78 is 60.0. The van der Waals surface area contributed by atoms with E-state index in [0.717, 1.165) is 22.8 Å². The first-order valence-corrected chi connectivity index (χ1v) is 13.1. The number of alkyl halides is 4. The highest BCUT2D eigenvalue weighted by Gasteiger charge is 2.34. The van der Waals surface area contributed by atoms with Gasteiger partial charge in [0.25, 0.3) is 5.89 Å². The van der Waals surface area contributed by atoms with Gasteiger partial charge in [0.1, 0.15) is 6.17 Å². The molecule has 0 saturated carbocycles. The number of piperidine rings is 1. The smallest absolute Gasteiger partial charge is 0.402 e. The fraction of sp³-hybridized carbons (Fsp3) is 0.276. The van der Waals surface area contributed by atoms with Gasteiger partial charge in [-0.05, 0) is 24.5 Å². The molecule has 1 atom stereocenters. The van der Waals surface area contributed by atoms with Crippen LogP contribution in [0.15, 0.2) is 76.3 Å². The van der Waals surface area contributed by atoms with Gasteiger partial charge in [-0.2, -0.15) is 13.2 Å². The standard InChI is InChI=1S/C29H24F4N6O2/c30-20-10-12-39(13-11-20)22-15-19(29(31,32)33)16-34-25(22)27-37-38-28(41-27)36-26-23(40)14-18-8-4-5-9-21(18)24(35-26)17-6-2-1-3-7-17/h1-9,15-16,20,26H,10-14H2,(H,36,38).